The van der Waals surface area contributed by atoms with Crippen LogP contribution in [0.5, 0.6) is 5.75 Å². The highest BCUT2D eigenvalue weighted by Gasteiger charge is 2.21. The minimum absolute atomic E-state index is 0.128. The van der Waals surface area contributed by atoms with Gasteiger partial charge in [0.2, 0.25) is 10.0 Å². The normalized spacial score (nSPS) is 11.8. The van der Waals surface area contributed by atoms with E-state index < -0.39 is 15.6 Å². The van der Waals surface area contributed by atoms with Crippen molar-refractivity contribution in [1.82, 2.24) is 4.72 Å². The topological polar surface area (TPSA) is 84.5 Å². The Balaban J connectivity index is 1.96. The summed E-state index contributed by atoms with van der Waals surface area (Å²) in [5.74, 6) is 0.328. The molecule has 26 heavy (non-hydrogen) atoms. The van der Waals surface area contributed by atoms with Gasteiger partial charge in [-0.1, -0.05) is 18.2 Å². The smallest absolute Gasteiger partial charge is 0.262 e. The fourth-order valence-electron chi connectivity index (χ4n) is 2.24. The maximum Gasteiger partial charge on any atom is 0.262 e. The summed E-state index contributed by atoms with van der Waals surface area (Å²) in [5.41, 5.74) is 0.873. The molecule has 1 amide bonds. The van der Waals surface area contributed by atoms with Gasteiger partial charge >= 0.3 is 0 Å². The molecule has 0 aliphatic rings. The van der Waals surface area contributed by atoms with Crippen LogP contribution in [0, 0.1) is 6.92 Å². The fourth-order valence-corrected chi connectivity index (χ4v) is 3.66. The number of carbonyl (C=O) groups excluding carboxylic acids is 1. The lowest BCUT2D eigenvalue weighted by Crippen LogP contribution is -2.40. The average molecular weight is 376 g/mol. The summed E-state index contributed by atoms with van der Waals surface area (Å²) in [5, 5.41) is 2.68. The molecule has 2 aromatic rings. The van der Waals surface area contributed by atoms with Crippen molar-refractivity contribution in [2.45, 2.75) is 38.1 Å². The predicted octanol–water partition coefficient (Wildman–Crippen LogP) is 3.09. The molecule has 0 aromatic heterocycles. The van der Waals surface area contributed by atoms with E-state index in [0.29, 0.717) is 11.4 Å². The van der Waals surface area contributed by atoms with Gasteiger partial charge in [0.05, 0.1) is 4.90 Å². The summed E-state index contributed by atoms with van der Waals surface area (Å²) in [7, 11) is -3.60. The van der Waals surface area contributed by atoms with E-state index in [1.165, 1.54) is 12.1 Å². The molecule has 0 saturated carbocycles. The van der Waals surface area contributed by atoms with Crippen LogP contribution in [0.25, 0.3) is 0 Å². The number of rotatable bonds is 6. The number of sulfonamides is 1. The third kappa shape index (κ3) is 5.86. The number of ether oxygens (including phenoxy) is 1. The highest BCUT2D eigenvalue weighted by Crippen LogP contribution is 2.18. The first-order chi connectivity index (χ1) is 12.1. The van der Waals surface area contributed by atoms with Crippen LogP contribution in [0.3, 0.4) is 0 Å². The monoisotopic (exact) mass is 376 g/mol. The molecule has 0 spiro atoms. The van der Waals surface area contributed by atoms with Crippen molar-refractivity contribution in [3.05, 3.63) is 54.1 Å². The zero-order valence-corrected chi connectivity index (χ0v) is 16.2. The van der Waals surface area contributed by atoms with Gasteiger partial charge in [-0.05, 0) is 63.6 Å². The Morgan fingerprint density at radius 1 is 1.04 bits per heavy atom. The Morgan fingerprint density at radius 2 is 1.65 bits per heavy atom. The SMILES string of the molecule is Cc1ccccc1OCC(=O)Nc1ccc(S(=O)(=O)NC(C)(C)C)cc1. The maximum atomic E-state index is 12.3. The molecule has 0 aliphatic heterocycles. The first kappa shape index (κ1) is 19.9. The molecule has 0 aliphatic carbocycles. The lowest BCUT2D eigenvalue weighted by molar-refractivity contribution is -0.118. The van der Waals surface area contributed by atoms with Crippen molar-refractivity contribution in [1.29, 1.82) is 0 Å². The van der Waals surface area contributed by atoms with Crippen LogP contribution in [-0.2, 0) is 14.8 Å². The molecule has 0 atom stereocenters. The molecule has 0 saturated heterocycles. The van der Waals surface area contributed by atoms with Crippen LogP contribution in [0.1, 0.15) is 26.3 Å². The average Bonchev–Trinajstić information content (AvgIpc) is 2.52. The Morgan fingerprint density at radius 3 is 2.23 bits per heavy atom. The third-order valence-corrected chi connectivity index (χ3v) is 5.12. The van der Waals surface area contributed by atoms with Crippen molar-refractivity contribution in [2.24, 2.45) is 0 Å². The van der Waals surface area contributed by atoms with E-state index in [2.05, 4.69) is 10.0 Å². The molecule has 0 heterocycles. The fraction of sp³-hybridized carbons (Fsp3) is 0.316. The number of benzene rings is 2. The number of anilines is 1. The van der Waals surface area contributed by atoms with Crippen molar-refractivity contribution < 1.29 is 17.9 Å². The Hall–Kier alpha value is -2.38. The number of para-hydroxylation sites is 1. The molecule has 0 bridgehead atoms. The van der Waals surface area contributed by atoms with E-state index in [1.807, 2.05) is 25.1 Å². The Bertz CT molecular complexity index is 869. The van der Waals surface area contributed by atoms with E-state index in [9.17, 15) is 13.2 Å². The van der Waals surface area contributed by atoms with Gasteiger partial charge in [0.25, 0.3) is 5.91 Å². The van der Waals surface area contributed by atoms with Crippen LogP contribution >= 0.6 is 0 Å². The number of nitrogens with one attached hydrogen (secondary N) is 2. The van der Waals surface area contributed by atoms with Crippen LogP contribution in [0.2, 0.25) is 0 Å². The van der Waals surface area contributed by atoms with E-state index in [1.54, 1.807) is 39.0 Å². The van der Waals surface area contributed by atoms with Gasteiger partial charge < -0.3 is 10.1 Å². The highest BCUT2D eigenvalue weighted by atomic mass is 32.2. The number of carbonyl (C=O) groups is 1. The van der Waals surface area contributed by atoms with Crippen molar-refractivity contribution >= 4 is 21.6 Å². The number of aryl methyl sites for hydroxylation is 1. The summed E-state index contributed by atoms with van der Waals surface area (Å²) in [6, 6.07) is 13.4. The summed E-state index contributed by atoms with van der Waals surface area (Å²) in [6.45, 7) is 7.09. The molecule has 2 rings (SSSR count). The molecule has 2 aromatic carbocycles. The zero-order chi connectivity index (χ0) is 19.4. The molecule has 7 heteroatoms. The summed E-state index contributed by atoms with van der Waals surface area (Å²) in [4.78, 5) is 12.1. The highest BCUT2D eigenvalue weighted by molar-refractivity contribution is 7.89. The summed E-state index contributed by atoms with van der Waals surface area (Å²) >= 11 is 0. The summed E-state index contributed by atoms with van der Waals surface area (Å²) < 4.78 is 32.6. The largest absolute Gasteiger partial charge is 0.483 e. The lowest BCUT2D eigenvalue weighted by atomic mass is 10.1. The van der Waals surface area contributed by atoms with Gasteiger partial charge in [0.15, 0.2) is 6.61 Å². The van der Waals surface area contributed by atoms with Gasteiger partial charge in [-0.15, -0.1) is 0 Å². The predicted molar refractivity (Wildman–Crippen MR) is 102 cm³/mol. The van der Waals surface area contributed by atoms with E-state index in [4.69, 9.17) is 4.74 Å². The van der Waals surface area contributed by atoms with E-state index in [-0.39, 0.29) is 17.4 Å². The maximum absolute atomic E-state index is 12.3. The second-order valence-corrected chi connectivity index (χ2v) is 8.66. The number of hydrogen-bond acceptors (Lipinski definition) is 4. The quantitative estimate of drug-likeness (QED) is 0.811. The lowest BCUT2D eigenvalue weighted by Gasteiger charge is -2.20. The van der Waals surface area contributed by atoms with Gasteiger partial charge in [-0.25, -0.2) is 13.1 Å². The molecule has 140 valence electrons. The molecular weight excluding hydrogens is 352 g/mol. The van der Waals surface area contributed by atoms with E-state index >= 15 is 0 Å². The Labute approximate surface area is 154 Å². The van der Waals surface area contributed by atoms with Gasteiger partial charge in [0, 0.05) is 11.2 Å². The van der Waals surface area contributed by atoms with Crippen LogP contribution in [-0.4, -0.2) is 26.5 Å². The van der Waals surface area contributed by atoms with E-state index in [0.717, 1.165) is 5.56 Å². The summed E-state index contributed by atoms with van der Waals surface area (Å²) in [6.07, 6.45) is 0. The molecule has 0 unspecified atom stereocenters. The minimum Gasteiger partial charge on any atom is -0.483 e. The first-order valence-corrected chi connectivity index (χ1v) is 9.67. The second-order valence-electron chi connectivity index (χ2n) is 6.98. The molecule has 6 nitrogen and oxygen atoms in total. The van der Waals surface area contributed by atoms with Crippen LogP contribution in [0.4, 0.5) is 5.69 Å². The van der Waals surface area contributed by atoms with Gasteiger partial charge in [0.1, 0.15) is 5.75 Å². The van der Waals surface area contributed by atoms with Crippen molar-refractivity contribution in [2.75, 3.05) is 11.9 Å². The van der Waals surface area contributed by atoms with Crippen LogP contribution < -0.4 is 14.8 Å². The second kappa shape index (κ2) is 7.88. The number of amides is 1. The van der Waals surface area contributed by atoms with Gasteiger partial charge in [-0.3, -0.25) is 4.79 Å². The van der Waals surface area contributed by atoms with Crippen molar-refractivity contribution in [3.8, 4) is 5.75 Å². The molecule has 0 fully saturated rings. The third-order valence-electron chi connectivity index (χ3n) is 3.34. The molecular formula is C19H24N2O4S. The standard InChI is InChI=1S/C19H24N2O4S/c1-14-7-5-6-8-17(14)25-13-18(22)20-15-9-11-16(12-10-15)26(23,24)21-19(2,3)4/h5-12,21H,13H2,1-4H3,(H,20,22). The minimum atomic E-state index is -3.60. The van der Waals surface area contributed by atoms with Gasteiger partial charge in [-0.2, -0.15) is 0 Å². The number of hydrogen-bond donors (Lipinski definition) is 2. The first-order valence-electron chi connectivity index (χ1n) is 8.19. The Kier molecular flexibility index (Phi) is 6.05. The molecule has 2 N–H and O–H groups in total. The van der Waals surface area contributed by atoms with Crippen molar-refractivity contribution in [3.63, 3.8) is 0 Å². The van der Waals surface area contributed by atoms with Crippen LogP contribution in [0.15, 0.2) is 53.4 Å². The zero-order valence-electron chi connectivity index (χ0n) is 15.4. The molecule has 0 radical (unpaired) electrons.